The molecule has 1 saturated heterocycles. The third-order valence-electron chi connectivity index (χ3n) is 1.81. The van der Waals surface area contributed by atoms with Crippen molar-refractivity contribution in [1.29, 1.82) is 0 Å². The molecular weight excluding hydrogens is 154 g/mol. The highest BCUT2D eigenvalue weighted by Gasteiger charge is 2.42. The molecule has 60 valence electrons. The SMILES string of the molecule is CC(Cl)C1(O)OCCN1C. The molecule has 1 N–H and O–H groups in total. The average Bonchev–Trinajstić information content (AvgIpc) is 2.15. The Morgan fingerprint density at radius 2 is 2.40 bits per heavy atom. The molecule has 10 heavy (non-hydrogen) atoms. The fraction of sp³-hybridized carbons (Fsp3) is 1.00. The lowest BCUT2D eigenvalue weighted by Crippen LogP contribution is -2.48. The van der Waals surface area contributed by atoms with Gasteiger partial charge in [0, 0.05) is 6.54 Å². The minimum absolute atomic E-state index is 0.403. The first-order valence-electron chi connectivity index (χ1n) is 3.29. The zero-order valence-corrected chi connectivity index (χ0v) is 6.93. The summed E-state index contributed by atoms with van der Waals surface area (Å²) in [6, 6.07) is 0. The van der Waals surface area contributed by atoms with Crippen LogP contribution >= 0.6 is 11.6 Å². The second kappa shape index (κ2) is 2.66. The van der Waals surface area contributed by atoms with E-state index in [2.05, 4.69) is 0 Å². The maximum Gasteiger partial charge on any atom is 0.244 e. The topological polar surface area (TPSA) is 32.7 Å². The van der Waals surface area contributed by atoms with Gasteiger partial charge in [-0.2, -0.15) is 0 Å². The van der Waals surface area contributed by atoms with Crippen LogP contribution in [0.3, 0.4) is 0 Å². The second-order valence-corrected chi connectivity index (χ2v) is 3.20. The molecule has 0 aromatic carbocycles. The van der Waals surface area contributed by atoms with Crippen LogP contribution < -0.4 is 0 Å². The van der Waals surface area contributed by atoms with E-state index in [1.807, 2.05) is 0 Å². The average molecular weight is 166 g/mol. The van der Waals surface area contributed by atoms with Crippen LogP contribution in [-0.2, 0) is 4.74 Å². The van der Waals surface area contributed by atoms with E-state index in [9.17, 15) is 5.11 Å². The molecule has 0 bridgehead atoms. The molecule has 0 radical (unpaired) electrons. The summed E-state index contributed by atoms with van der Waals surface area (Å²) < 4.78 is 5.06. The predicted octanol–water partition coefficient (Wildman–Crippen LogP) is 0.222. The highest BCUT2D eigenvalue weighted by atomic mass is 35.5. The molecule has 2 unspecified atom stereocenters. The zero-order chi connectivity index (χ0) is 7.78. The fourth-order valence-electron chi connectivity index (χ4n) is 1.02. The number of hydrogen-bond donors (Lipinski definition) is 1. The minimum atomic E-state index is -1.25. The van der Waals surface area contributed by atoms with Gasteiger partial charge in [0.15, 0.2) is 0 Å². The van der Waals surface area contributed by atoms with E-state index >= 15 is 0 Å². The molecule has 0 amide bonds. The molecule has 0 aliphatic carbocycles. The van der Waals surface area contributed by atoms with Crippen molar-refractivity contribution in [1.82, 2.24) is 4.90 Å². The van der Waals surface area contributed by atoms with Gasteiger partial charge in [-0.05, 0) is 14.0 Å². The van der Waals surface area contributed by atoms with Crippen LogP contribution in [0.15, 0.2) is 0 Å². The first kappa shape index (κ1) is 8.27. The van der Waals surface area contributed by atoms with Gasteiger partial charge in [0.1, 0.15) is 0 Å². The Labute approximate surface area is 65.5 Å². The lowest BCUT2D eigenvalue weighted by Gasteiger charge is -2.30. The highest BCUT2D eigenvalue weighted by molar-refractivity contribution is 6.21. The summed E-state index contributed by atoms with van der Waals surface area (Å²) in [5.41, 5.74) is 0. The number of alkyl halides is 1. The number of ether oxygens (including phenoxy) is 1. The van der Waals surface area contributed by atoms with Gasteiger partial charge >= 0.3 is 0 Å². The maximum atomic E-state index is 9.61. The highest BCUT2D eigenvalue weighted by Crippen LogP contribution is 2.25. The van der Waals surface area contributed by atoms with Crippen molar-refractivity contribution in [2.75, 3.05) is 20.2 Å². The van der Waals surface area contributed by atoms with Gasteiger partial charge in [-0.3, -0.25) is 4.90 Å². The van der Waals surface area contributed by atoms with Crippen molar-refractivity contribution in [3.05, 3.63) is 0 Å². The van der Waals surface area contributed by atoms with Crippen LogP contribution in [0.1, 0.15) is 6.92 Å². The Morgan fingerprint density at radius 3 is 2.60 bits per heavy atom. The molecule has 1 heterocycles. The van der Waals surface area contributed by atoms with Crippen molar-refractivity contribution < 1.29 is 9.84 Å². The zero-order valence-electron chi connectivity index (χ0n) is 6.17. The van der Waals surface area contributed by atoms with Crippen molar-refractivity contribution in [3.63, 3.8) is 0 Å². The molecule has 1 aliphatic rings. The molecule has 4 heteroatoms. The first-order valence-corrected chi connectivity index (χ1v) is 3.72. The van der Waals surface area contributed by atoms with Crippen LogP contribution in [0.2, 0.25) is 0 Å². The van der Waals surface area contributed by atoms with Gasteiger partial charge in [0.05, 0.1) is 12.0 Å². The summed E-state index contributed by atoms with van der Waals surface area (Å²) in [6.07, 6.45) is 0. The van der Waals surface area contributed by atoms with E-state index in [0.717, 1.165) is 6.54 Å². The van der Waals surface area contributed by atoms with Gasteiger partial charge in [-0.25, -0.2) is 0 Å². The summed E-state index contributed by atoms with van der Waals surface area (Å²) in [7, 11) is 1.78. The number of nitrogens with zero attached hydrogens (tertiary/aromatic N) is 1. The predicted molar refractivity (Wildman–Crippen MR) is 38.8 cm³/mol. The van der Waals surface area contributed by atoms with Crippen molar-refractivity contribution >= 4 is 11.6 Å². The summed E-state index contributed by atoms with van der Waals surface area (Å²) in [6.45, 7) is 2.99. The van der Waals surface area contributed by atoms with Gasteiger partial charge in [0.25, 0.3) is 0 Å². The van der Waals surface area contributed by atoms with E-state index in [-0.39, 0.29) is 0 Å². The van der Waals surface area contributed by atoms with Crippen LogP contribution in [0, 0.1) is 0 Å². The van der Waals surface area contributed by atoms with Gasteiger partial charge in [0.2, 0.25) is 5.91 Å². The maximum absolute atomic E-state index is 9.61. The normalized spacial score (nSPS) is 38.4. The summed E-state index contributed by atoms with van der Waals surface area (Å²) in [5, 5.41) is 9.21. The van der Waals surface area contributed by atoms with Crippen molar-refractivity contribution in [2.24, 2.45) is 0 Å². The molecular formula is C6H12ClNO2. The number of rotatable bonds is 1. The van der Waals surface area contributed by atoms with E-state index < -0.39 is 11.3 Å². The third kappa shape index (κ3) is 1.14. The van der Waals surface area contributed by atoms with Crippen LogP contribution in [0.5, 0.6) is 0 Å². The van der Waals surface area contributed by atoms with E-state index in [4.69, 9.17) is 16.3 Å². The van der Waals surface area contributed by atoms with Crippen LogP contribution in [0.4, 0.5) is 0 Å². The summed E-state index contributed by atoms with van der Waals surface area (Å²) in [4.78, 5) is 1.70. The lowest BCUT2D eigenvalue weighted by atomic mass is 10.3. The molecule has 1 fully saturated rings. The van der Waals surface area contributed by atoms with E-state index in [1.165, 1.54) is 0 Å². The van der Waals surface area contributed by atoms with Crippen molar-refractivity contribution in [3.8, 4) is 0 Å². The van der Waals surface area contributed by atoms with E-state index in [1.54, 1.807) is 18.9 Å². The molecule has 2 atom stereocenters. The number of aliphatic hydroxyl groups is 1. The standard InChI is InChI=1S/C6H12ClNO2/c1-5(7)6(9)8(2)3-4-10-6/h5,9H,3-4H2,1-2H3. The van der Waals surface area contributed by atoms with Crippen LogP contribution in [-0.4, -0.2) is 41.5 Å². The molecule has 1 rings (SSSR count). The van der Waals surface area contributed by atoms with Gasteiger partial charge < -0.3 is 9.84 Å². The Morgan fingerprint density at radius 1 is 1.80 bits per heavy atom. The number of halogens is 1. The Bertz CT molecular complexity index is 131. The molecule has 0 aromatic rings. The monoisotopic (exact) mass is 165 g/mol. The van der Waals surface area contributed by atoms with Gasteiger partial charge in [-0.1, -0.05) is 0 Å². The van der Waals surface area contributed by atoms with E-state index in [0.29, 0.717) is 6.61 Å². The first-order chi connectivity index (χ1) is 4.57. The second-order valence-electron chi connectivity index (χ2n) is 2.54. The summed E-state index contributed by atoms with van der Waals surface area (Å²) in [5.74, 6) is -1.25. The number of likely N-dealkylation sites (N-methyl/N-ethyl adjacent to an activating group) is 1. The van der Waals surface area contributed by atoms with Gasteiger partial charge in [-0.15, -0.1) is 11.6 Å². The number of hydrogen-bond acceptors (Lipinski definition) is 3. The largest absolute Gasteiger partial charge is 0.352 e. The summed E-state index contributed by atoms with van der Waals surface area (Å²) >= 11 is 5.70. The molecule has 3 nitrogen and oxygen atoms in total. The molecule has 0 aromatic heterocycles. The molecule has 0 spiro atoms. The third-order valence-corrected chi connectivity index (χ3v) is 2.09. The minimum Gasteiger partial charge on any atom is -0.352 e. The lowest BCUT2D eigenvalue weighted by molar-refractivity contribution is -0.236. The Hall–Kier alpha value is 0.170. The van der Waals surface area contributed by atoms with Crippen LogP contribution in [0.25, 0.3) is 0 Å². The van der Waals surface area contributed by atoms with Crippen molar-refractivity contribution in [2.45, 2.75) is 18.2 Å². The molecule has 1 aliphatic heterocycles. The quantitative estimate of drug-likeness (QED) is 0.565. The Kier molecular flexibility index (Phi) is 2.20. The fourth-order valence-corrected chi connectivity index (χ4v) is 1.25. The smallest absolute Gasteiger partial charge is 0.244 e. The molecule has 0 saturated carbocycles. The Balaban J connectivity index is 2.66.